The Kier molecular flexibility index (Phi) is 5.23. The molecule has 6 heteroatoms. The van der Waals surface area contributed by atoms with Gasteiger partial charge >= 0.3 is 0 Å². The first-order valence-corrected chi connectivity index (χ1v) is 9.18. The summed E-state index contributed by atoms with van der Waals surface area (Å²) in [4.78, 5) is 12.1. The van der Waals surface area contributed by atoms with E-state index in [0.29, 0.717) is 5.89 Å². The van der Waals surface area contributed by atoms with Gasteiger partial charge < -0.3 is 4.42 Å². The van der Waals surface area contributed by atoms with Gasteiger partial charge in [-0.25, -0.2) is 4.39 Å². The maximum Gasteiger partial charge on any atom is 0.277 e. The van der Waals surface area contributed by atoms with Crippen molar-refractivity contribution in [3.8, 4) is 11.5 Å². The molecule has 134 valence electrons. The van der Waals surface area contributed by atoms with Crippen LogP contribution in [-0.2, 0) is 5.41 Å². The number of nitrogens with zero attached hydrogens (tertiary/aromatic N) is 2. The molecular weight excluding hydrogens is 351 g/mol. The van der Waals surface area contributed by atoms with Crippen LogP contribution in [0, 0.1) is 5.82 Å². The highest BCUT2D eigenvalue weighted by molar-refractivity contribution is 7.99. The predicted molar refractivity (Wildman–Crippen MR) is 99.9 cm³/mol. The number of benzene rings is 2. The number of rotatable bonds is 5. The van der Waals surface area contributed by atoms with E-state index in [1.165, 1.54) is 17.7 Å². The standard InChI is InChI=1S/C20H19FN2O2S/c1-20(2,3)14-10-8-13(9-11-14)18-22-23-19(25-18)26-12-17(24)15-6-4-5-7-16(15)21/h4-11H,12H2,1-3H3. The molecular formula is C20H19FN2O2S. The molecule has 0 aliphatic heterocycles. The number of aromatic nitrogens is 2. The summed E-state index contributed by atoms with van der Waals surface area (Å²) >= 11 is 1.10. The number of Topliss-reactive ketones (excluding diaryl/α,β-unsaturated/α-hetero) is 1. The van der Waals surface area contributed by atoms with Crippen LogP contribution in [0.15, 0.2) is 58.2 Å². The Labute approximate surface area is 155 Å². The fraction of sp³-hybridized carbons (Fsp3) is 0.250. The monoisotopic (exact) mass is 370 g/mol. The first kappa shape index (κ1) is 18.3. The van der Waals surface area contributed by atoms with Gasteiger partial charge in [-0.05, 0) is 35.2 Å². The lowest BCUT2D eigenvalue weighted by atomic mass is 9.87. The van der Waals surface area contributed by atoms with Crippen molar-refractivity contribution < 1.29 is 13.6 Å². The Balaban J connectivity index is 1.67. The maximum atomic E-state index is 13.6. The second-order valence-electron chi connectivity index (χ2n) is 6.89. The SMILES string of the molecule is CC(C)(C)c1ccc(-c2nnc(SCC(=O)c3ccccc3F)o2)cc1. The van der Waals surface area contributed by atoms with Gasteiger partial charge in [-0.1, -0.05) is 56.8 Å². The Morgan fingerprint density at radius 1 is 1.08 bits per heavy atom. The van der Waals surface area contributed by atoms with Crippen molar-refractivity contribution in [2.24, 2.45) is 0 Å². The van der Waals surface area contributed by atoms with E-state index in [0.717, 1.165) is 17.3 Å². The molecule has 0 radical (unpaired) electrons. The van der Waals surface area contributed by atoms with Gasteiger partial charge in [0.2, 0.25) is 5.89 Å². The third-order valence-corrected chi connectivity index (χ3v) is 4.72. The average molecular weight is 370 g/mol. The van der Waals surface area contributed by atoms with Crippen LogP contribution in [0.5, 0.6) is 0 Å². The fourth-order valence-electron chi connectivity index (χ4n) is 2.39. The molecule has 3 rings (SSSR count). The van der Waals surface area contributed by atoms with E-state index in [1.807, 2.05) is 24.3 Å². The lowest BCUT2D eigenvalue weighted by molar-refractivity contribution is 0.101. The van der Waals surface area contributed by atoms with E-state index in [2.05, 4.69) is 31.0 Å². The summed E-state index contributed by atoms with van der Waals surface area (Å²) in [6.45, 7) is 6.45. The van der Waals surface area contributed by atoms with Crippen LogP contribution in [0.1, 0.15) is 36.7 Å². The van der Waals surface area contributed by atoms with Gasteiger partial charge in [-0.3, -0.25) is 4.79 Å². The molecule has 0 spiro atoms. The van der Waals surface area contributed by atoms with E-state index in [1.54, 1.807) is 12.1 Å². The van der Waals surface area contributed by atoms with Crippen molar-refractivity contribution in [1.82, 2.24) is 10.2 Å². The van der Waals surface area contributed by atoms with Crippen LogP contribution in [-0.4, -0.2) is 21.7 Å². The molecule has 0 bridgehead atoms. The zero-order valence-corrected chi connectivity index (χ0v) is 15.6. The number of hydrogen-bond acceptors (Lipinski definition) is 5. The smallest absolute Gasteiger partial charge is 0.277 e. The summed E-state index contributed by atoms with van der Waals surface area (Å²) in [5.41, 5.74) is 2.17. The van der Waals surface area contributed by atoms with Gasteiger partial charge in [0.25, 0.3) is 5.22 Å². The molecule has 0 atom stereocenters. The second kappa shape index (κ2) is 7.41. The number of carbonyl (C=O) groups is 1. The number of halogens is 1. The lowest BCUT2D eigenvalue weighted by Gasteiger charge is -2.18. The third-order valence-electron chi connectivity index (χ3n) is 3.91. The molecule has 0 aliphatic carbocycles. The highest BCUT2D eigenvalue weighted by atomic mass is 32.2. The summed E-state index contributed by atoms with van der Waals surface area (Å²) in [5, 5.41) is 8.26. The molecule has 0 saturated carbocycles. The van der Waals surface area contributed by atoms with E-state index in [-0.39, 0.29) is 27.7 Å². The molecule has 26 heavy (non-hydrogen) atoms. The summed E-state index contributed by atoms with van der Waals surface area (Å²) in [7, 11) is 0. The molecule has 0 saturated heterocycles. The quantitative estimate of drug-likeness (QED) is 0.459. The summed E-state index contributed by atoms with van der Waals surface area (Å²) < 4.78 is 19.2. The van der Waals surface area contributed by atoms with Crippen LogP contribution in [0.25, 0.3) is 11.5 Å². The van der Waals surface area contributed by atoms with Crippen molar-refractivity contribution in [2.75, 3.05) is 5.75 Å². The minimum absolute atomic E-state index is 0.0333. The molecule has 0 fully saturated rings. The number of carbonyl (C=O) groups excluding carboxylic acids is 1. The van der Waals surface area contributed by atoms with Crippen molar-refractivity contribution in [2.45, 2.75) is 31.4 Å². The van der Waals surface area contributed by atoms with Crippen LogP contribution < -0.4 is 0 Å². The van der Waals surface area contributed by atoms with E-state index in [9.17, 15) is 9.18 Å². The summed E-state index contributed by atoms with van der Waals surface area (Å²) in [6, 6.07) is 13.9. The highest BCUT2D eigenvalue weighted by Gasteiger charge is 2.16. The topological polar surface area (TPSA) is 56.0 Å². The molecule has 0 amide bonds. The Hall–Kier alpha value is -2.47. The molecule has 1 aromatic heterocycles. The number of hydrogen-bond donors (Lipinski definition) is 0. The summed E-state index contributed by atoms with van der Waals surface area (Å²) in [5.74, 6) is -0.414. The molecule has 0 aliphatic rings. The lowest BCUT2D eigenvalue weighted by Crippen LogP contribution is -2.10. The third kappa shape index (κ3) is 4.19. The molecule has 1 heterocycles. The second-order valence-corrected chi connectivity index (χ2v) is 7.82. The van der Waals surface area contributed by atoms with Crippen molar-refractivity contribution in [3.05, 3.63) is 65.5 Å². The first-order valence-electron chi connectivity index (χ1n) is 8.19. The molecule has 0 N–H and O–H groups in total. The molecule has 3 aromatic rings. The first-order chi connectivity index (χ1) is 12.3. The van der Waals surface area contributed by atoms with E-state index >= 15 is 0 Å². The van der Waals surface area contributed by atoms with Gasteiger partial charge in [-0.15, -0.1) is 10.2 Å². The zero-order valence-electron chi connectivity index (χ0n) is 14.8. The van der Waals surface area contributed by atoms with Crippen LogP contribution in [0.3, 0.4) is 0 Å². The summed E-state index contributed by atoms with van der Waals surface area (Å²) in [6.07, 6.45) is 0. The molecule has 0 unspecified atom stereocenters. The van der Waals surface area contributed by atoms with Crippen LogP contribution in [0.4, 0.5) is 4.39 Å². The van der Waals surface area contributed by atoms with Gasteiger partial charge in [0.05, 0.1) is 11.3 Å². The maximum absolute atomic E-state index is 13.6. The zero-order chi connectivity index (χ0) is 18.7. The van der Waals surface area contributed by atoms with Crippen molar-refractivity contribution in [1.29, 1.82) is 0 Å². The minimum atomic E-state index is -0.525. The van der Waals surface area contributed by atoms with Gasteiger partial charge in [0, 0.05) is 5.56 Å². The van der Waals surface area contributed by atoms with Gasteiger partial charge in [0.1, 0.15) is 5.82 Å². The highest BCUT2D eigenvalue weighted by Crippen LogP contribution is 2.27. The minimum Gasteiger partial charge on any atom is -0.411 e. The predicted octanol–water partition coefficient (Wildman–Crippen LogP) is 5.15. The largest absolute Gasteiger partial charge is 0.411 e. The number of thioether (sulfide) groups is 1. The number of ketones is 1. The van der Waals surface area contributed by atoms with E-state index in [4.69, 9.17) is 4.42 Å². The van der Waals surface area contributed by atoms with Crippen LogP contribution in [0.2, 0.25) is 0 Å². The van der Waals surface area contributed by atoms with Crippen LogP contribution >= 0.6 is 11.8 Å². The molecule has 4 nitrogen and oxygen atoms in total. The van der Waals surface area contributed by atoms with Gasteiger partial charge in [0.15, 0.2) is 5.78 Å². The van der Waals surface area contributed by atoms with Gasteiger partial charge in [-0.2, -0.15) is 0 Å². The fourth-order valence-corrected chi connectivity index (χ4v) is 3.04. The average Bonchev–Trinajstić information content (AvgIpc) is 3.08. The Morgan fingerprint density at radius 3 is 2.42 bits per heavy atom. The van der Waals surface area contributed by atoms with Crippen molar-refractivity contribution >= 4 is 17.5 Å². The Morgan fingerprint density at radius 2 is 1.77 bits per heavy atom. The Bertz CT molecular complexity index is 914. The van der Waals surface area contributed by atoms with E-state index < -0.39 is 5.82 Å². The molecule has 2 aromatic carbocycles. The van der Waals surface area contributed by atoms with Crippen molar-refractivity contribution in [3.63, 3.8) is 0 Å². The normalized spacial score (nSPS) is 11.5.